The molecule has 0 fully saturated rings. The maximum atomic E-state index is 9.51. The molecule has 0 saturated heterocycles. The van der Waals surface area contributed by atoms with E-state index in [1.54, 1.807) is 0 Å². The molecule has 0 heterocycles. The molecule has 1 N–H and O–H groups in total. The molecule has 0 spiro atoms. The lowest BCUT2D eigenvalue weighted by Gasteiger charge is -2.17. The maximum Gasteiger partial charge on any atom is 0.101 e. The van der Waals surface area contributed by atoms with Crippen molar-refractivity contribution in [1.82, 2.24) is 0 Å². The molecule has 1 rings (SSSR count). The van der Waals surface area contributed by atoms with E-state index in [1.165, 1.54) is 0 Å². The molecule has 86 valence electrons. The number of aliphatic hydroxyl groups is 1. The molecule has 15 heavy (non-hydrogen) atoms. The summed E-state index contributed by atoms with van der Waals surface area (Å²) in [7, 11) is 0. The van der Waals surface area contributed by atoms with E-state index in [-0.39, 0.29) is 6.10 Å². The molecule has 0 aromatic carbocycles. The van der Waals surface area contributed by atoms with Gasteiger partial charge in [-0.1, -0.05) is 31.2 Å². The Hall–Kier alpha value is -0.640. The van der Waals surface area contributed by atoms with Crippen LogP contribution in [0.15, 0.2) is 24.3 Å². The number of ether oxygens (including phenoxy) is 2. The van der Waals surface area contributed by atoms with Gasteiger partial charge in [0.2, 0.25) is 0 Å². The minimum absolute atomic E-state index is 0.107. The third-order valence-electron chi connectivity index (χ3n) is 2.10. The van der Waals surface area contributed by atoms with Gasteiger partial charge in [0, 0.05) is 6.61 Å². The van der Waals surface area contributed by atoms with Crippen LogP contribution >= 0.6 is 0 Å². The first-order chi connectivity index (χ1) is 7.33. The molecule has 0 aliphatic heterocycles. The summed E-state index contributed by atoms with van der Waals surface area (Å²) in [5.41, 5.74) is 0. The fraction of sp³-hybridized carbons (Fsp3) is 0.667. The Morgan fingerprint density at radius 1 is 1.40 bits per heavy atom. The minimum Gasteiger partial charge on any atom is -0.388 e. The highest BCUT2D eigenvalue weighted by Crippen LogP contribution is 2.07. The van der Waals surface area contributed by atoms with Gasteiger partial charge >= 0.3 is 0 Å². The molecule has 0 saturated carbocycles. The van der Waals surface area contributed by atoms with Crippen LogP contribution in [0.5, 0.6) is 0 Å². The molecular weight excluding hydrogens is 192 g/mol. The summed E-state index contributed by atoms with van der Waals surface area (Å²) in [6.45, 7) is 3.44. The zero-order valence-electron chi connectivity index (χ0n) is 9.26. The summed E-state index contributed by atoms with van der Waals surface area (Å²) in [6.07, 6.45) is 9.48. The molecule has 0 amide bonds. The second-order valence-electron chi connectivity index (χ2n) is 3.65. The van der Waals surface area contributed by atoms with Crippen molar-refractivity contribution < 1.29 is 14.6 Å². The largest absolute Gasteiger partial charge is 0.388 e. The highest BCUT2D eigenvalue weighted by Gasteiger charge is 2.09. The van der Waals surface area contributed by atoms with E-state index >= 15 is 0 Å². The summed E-state index contributed by atoms with van der Waals surface area (Å²) >= 11 is 0. The van der Waals surface area contributed by atoms with Gasteiger partial charge in [-0.15, -0.1) is 0 Å². The number of aliphatic hydroxyl groups excluding tert-OH is 1. The van der Waals surface area contributed by atoms with Crippen molar-refractivity contribution in [1.29, 1.82) is 0 Å². The molecule has 0 aromatic heterocycles. The van der Waals surface area contributed by atoms with Crippen molar-refractivity contribution in [3.63, 3.8) is 0 Å². The SMILES string of the molecule is CCCOCC(O)COC1C=CC=CC1. The van der Waals surface area contributed by atoms with Crippen LogP contribution in [-0.4, -0.2) is 37.1 Å². The van der Waals surface area contributed by atoms with Crippen molar-refractivity contribution in [2.75, 3.05) is 19.8 Å². The Bertz CT molecular complexity index is 211. The summed E-state index contributed by atoms with van der Waals surface area (Å²) < 4.78 is 10.7. The Labute approximate surface area is 91.4 Å². The summed E-state index contributed by atoms with van der Waals surface area (Å²) in [5.74, 6) is 0. The Morgan fingerprint density at radius 3 is 2.93 bits per heavy atom. The molecule has 2 unspecified atom stereocenters. The first kappa shape index (κ1) is 12.4. The van der Waals surface area contributed by atoms with Crippen LogP contribution in [0.1, 0.15) is 19.8 Å². The van der Waals surface area contributed by atoms with Crippen LogP contribution in [0, 0.1) is 0 Å². The van der Waals surface area contributed by atoms with Gasteiger partial charge in [0.1, 0.15) is 6.10 Å². The summed E-state index contributed by atoms with van der Waals surface area (Å²) in [4.78, 5) is 0. The normalized spacial score (nSPS) is 21.9. The van der Waals surface area contributed by atoms with Crippen LogP contribution in [0.25, 0.3) is 0 Å². The molecule has 2 atom stereocenters. The fourth-order valence-electron chi connectivity index (χ4n) is 1.33. The van der Waals surface area contributed by atoms with Crippen LogP contribution in [0.2, 0.25) is 0 Å². The zero-order chi connectivity index (χ0) is 10.9. The van der Waals surface area contributed by atoms with Crippen LogP contribution in [0.4, 0.5) is 0 Å². The first-order valence-electron chi connectivity index (χ1n) is 5.53. The van der Waals surface area contributed by atoms with E-state index < -0.39 is 6.10 Å². The summed E-state index contributed by atoms with van der Waals surface area (Å²) in [5, 5.41) is 9.51. The van der Waals surface area contributed by atoms with Crippen molar-refractivity contribution >= 4 is 0 Å². The second-order valence-corrected chi connectivity index (χ2v) is 3.65. The molecule has 3 nitrogen and oxygen atoms in total. The van der Waals surface area contributed by atoms with E-state index in [2.05, 4.69) is 6.08 Å². The third-order valence-corrected chi connectivity index (χ3v) is 2.10. The summed E-state index contributed by atoms with van der Waals surface area (Å²) in [6, 6.07) is 0. The van der Waals surface area contributed by atoms with Gasteiger partial charge in [0.25, 0.3) is 0 Å². The second kappa shape index (κ2) is 7.63. The van der Waals surface area contributed by atoms with Gasteiger partial charge < -0.3 is 14.6 Å². The Balaban J connectivity index is 2.03. The average Bonchev–Trinajstić information content (AvgIpc) is 2.28. The van der Waals surface area contributed by atoms with Crippen LogP contribution in [-0.2, 0) is 9.47 Å². The monoisotopic (exact) mass is 212 g/mol. The van der Waals surface area contributed by atoms with E-state index in [1.807, 2.05) is 25.2 Å². The molecular formula is C12H20O3. The van der Waals surface area contributed by atoms with Gasteiger partial charge in [-0.3, -0.25) is 0 Å². The van der Waals surface area contributed by atoms with Gasteiger partial charge in [-0.25, -0.2) is 0 Å². The topological polar surface area (TPSA) is 38.7 Å². The quantitative estimate of drug-likeness (QED) is 0.652. The lowest BCUT2D eigenvalue weighted by atomic mass is 10.1. The van der Waals surface area contributed by atoms with E-state index in [4.69, 9.17) is 9.47 Å². The van der Waals surface area contributed by atoms with Gasteiger partial charge in [0.15, 0.2) is 0 Å². The van der Waals surface area contributed by atoms with Gasteiger partial charge in [-0.05, 0) is 12.8 Å². The standard InChI is InChI=1S/C12H20O3/c1-2-8-14-9-11(13)10-15-12-6-4-3-5-7-12/h3-6,11-13H,2,7-10H2,1H3. The molecule has 3 heteroatoms. The van der Waals surface area contributed by atoms with E-state index in [0.29, 0.717) is 19.8 Å². The van der Waals surface area contributed by atoms with E-state index in [9.17, 15) is 5.11 Å². The van der Waals surface area contributed by atoms with Crippen molar-refractivity contribution in [2.24, 2.45) is 0 Å². The van der Waals surface area contributed by atoms with Gasteiger partial charge in [0.05, 0.1) is 19.3 Å². The number of allylic oxidation sites excluding steroid dienone is 2. The molecule has 0 bridgehead atoms. The minimum atomic E-state index is -0.518. The molecule has 1 aliphatic rings. The number of hydrogen-bond donors (Lipinski definition) is 1. The lowest BCUT2D eigenvalue weighted by molar-refractivity contribution is -0.0325. The molecule has 0 radical (unpaired) electrons. The third kappa shape index (κ3) is 5.72. The predicted molar refractivity (Wildman–Crippen MR) is 59.8 cm³/mol. The first-order valence-corrected chi connectivity index (χ1v) is 5.53. The fourth-order valence-corrected chi connectivity index (χ4v) is 1.33. The molecule has 1 aliphatic carbocycles. The van der Waals surface area contributed by atoms with E-state index in [0.717, 1.165) is 12.8 Å². The van der Waals surface area contributed by atoms with Crippen molar-refractivity contribution in [3.8, 4) is 0 Å². The Morgan fingerprint density at radius 2 is 2.27 bits per heavy atom. The molecule has 0 aromatic rings. The Kier molecular flexibility index (Phi) is 6.32. The predicted octanol–water partition coefficient (Wildman–Crippen LogP) is 1.68. The highest BCUT2D eigenvalue weighted by atomic mass is 16.5. The maximum absolute atomic E-state index is 9.51. The van der Waals surface area contributed by atoms with Crippen LogP contribution in [0.3, 0.4) is 0 Å². The van der Waals surface area contributed by atoms with Crippen LogP contribution < -0.4 is 0 Å². The number of rotatable bonds is 7. The number of hydrogen-bond acceptors (Lipinski definition) is 3. The highest BCUT2D eigenvalue weighted by molar-refractivity contribution is 5.11. The van der Waals surface area contributed by atoms with Crippen molar-refractivity contribution in [2.45, 2.75) is 32.0 Å². The lowest BCUT2D eigenvalue weighted by Crippen LogP contribution is -2.25. The smallest absolute Gasteiger partial charge is 0.101 e. The van der Waals surface area contributed by atoms with Crippen molar-refractivity contribution in [3.05, 3.63) is 24.3 Å². The zero-order valence-corrected chi connectivity index (χ0v) is 9.26. The average molecular weight is 212 g/mol. The van der Waals surface area contributed by atoms with Gasteiger partial charge in [-0.2, -0.15) is 0 Å².